The van der Waals surface area contributed by atoms with Crippen molar-refractivity contribution in [2.75, 3.05) is 30.4 Å². The van der Waals surface area contributed by atoms with Crippen LogP contribution in [-0.2, 0) is 4.79 Å². The van der Waals surface area contributed by atoms with Crippen LogP contribution >= 0.6 is 0 Å². The van der Waals surface area contributed by atoms with E-state index in [2.05, 4.69) is 25.5 Å². The van der Waals surface area contributed by atoms with Crippen molar-refractivity contribution >= 4 is 23.1 Å². The Morgan fingerprint density at radius 3 is 3.00 bits per heavy atom. The molecule has 3 aromatic rings. The number of methoxy groups -OCH3 is 1. The molecular weight excluding hydrogens is 344 g/mol. The zero-order chi connectivity index (χ0) is 18.8. The van der Waals surface area contributed by atoms with Crippen molar-refractivity contribution in [3.8, 4) is 5.75 Å². The number of rotatable bonds is 4. The SMILES string of the molecule is COc1cccc(NC(=O)[C@H]2CCCN(c3ccc4nnc(C)n4n3)C2)c1. The second-order valence-corrected chi connectivity index (χ2v) is 6.72. The van der Waals surface area contributed by atoms with E-state index in [1.54, 1.807) is 11.6 Å². The lowest BCUT2D eigenvalue weighted by Gasteiger charge is -2.32. The van der Waals surface area contributed by atoms with Crippen molar-refractivity contribution in [1.29, 1.82) is 0 Å². The van der Waals surface area contributed by atoms with Gasteiger partial charge in [-0.2, -0.15) is 4.52 Å². The lowest BCUT2D eigenvalue weighted by Crippen LogP contribution is -2.41. The molecule has 1 saturated heterocycles. The van der Waals surface area contributed by atoms with Crippen LogP contribution in [0.15, 0.2) is 36.4 Å². The molecule has 1 aromatic carbocycles. The van der Waals surface area contributed by atoms with Crippen molar-refractivity contribution in [2.45, 2.75) is 19.8 Å². The number of nitrogens with zero attached hydrogens (tertiary/aromatic N) is 5. The first-order chi connectivity index (χ1) is 13.1. The lowest BCUT2D eigenvalue weighted by molar-refractivity contribution is -0.120. The third-order valence-corrected chi connectivity index (χ3v) is 4.86. The summed E-state index contributed by atoms with van der Waals surface area (Å²) >= 11 is 0. The van der Waals surface area contributed by atoms with E-state index in [4.69, 9.17) is 4.74 Å². The van der Waals surface area contributed by atoms with Crippen LogP contribution in [-0.4, -0.2) is 45.9 Å². The monoisotopic (exact) mass is 366 g/mol. The molecule has 1 N–H and O–H groups in total. The second kappa shape index (κ2) is 7.22. The molecular formula is C19H22N6O2. The van der Waals surface area contributed by atoms with Gasteiger partial charge in [0.1, 0.15) is 11.6 Å². The van der Waals surface area contributed by atoms with Crippen molar-refractivity contribution < 1.29 is 9.53 Å². The summed E-state index contributed by atoms with van der Waals surface area (Å²) in [6, 6.07) is 11.2. The van der Waals surface area contributed by atoms with E-state index in [1.165, 1.54) is 0 Å². The fourth-order valence-corrected chi connectivity index (χ4v) is 3.40. The number of aromatic nitrogens is 4. The predicted molar refractivity (Wildman–Crippen MR) is 102 cm³/mol. The fourth-order valence-electron chi connectivity index (χ4n) is 3.40. The summed E-state index contributed by atoms with van der Waals surface area (Å²) in [4.78, 5) is 14.9. The molecule has 1 aliphatic rings. The average Bonchev–Trinajstić information content (AvgIpc) is 3.08. The van der Waals surface area contributed by atoms with Crippen molar-refractivity contribution in [1.82, 2.24) is 19.8 Å². The Kier molecular flexibility index (Phi) is 4.62. The molecule has 1 aliphatic heterocycles. The van der Waals surface area contributed by atoms with Crippen LogP contribution in [0.1, 0.15) is 18.7 Å². The molecule has 1 fully saturated rings. The molecule has 2 aromatic heterocycles. The first kappa shape index (κ1) is 17.3. The van der Waals surface area contributed by atoms with Gasteiger partial charge < -0.3 is 15.0 Å². The van der Waals surface area contributed by atoms with Gasteiger partial charge in [-0.05, 0) is 44.0 Å². The summed E-state index contributed by atoms with van der Waals surface area (Å²) in [6.45, 7) is 3.38. The Bertz CT molecular complexity index is 970. The van der Waals surface area contributed by atoms with Crippen LogP contribution in [0.25, 0.3) is 5.65 Å². The number of carbonyl (C=O) groups excluding carboxylic acids is 1. The molecule has 4 rings (SSSR count). The molecule has 27 heavy (non-hydrogen) atoms. The van der Waals surface area contributed by atoms with Gasteiger partial charge in [0, 0.05) is 24.8 Å². The van der Waals surface area contributed by atoms with Crippen LogP contribution in [0.4, 0.5) is 11.5 Å². The molecule has 3 heterocycles. The number of aryl methyl sites for hydroxylation is 1. The van der Waals surface area contributed by atoms with E-state index >= 15 is 0 Å². The third kappa shape index (κ3) is 3.55. The number of hydrogen-bond donors (Lipinski definition) is 1. The Balaban J connectivity index is 1.48. The second-order valence-electron chi connectivity index (χ2n) is 6.72. The Hall–Kier alpha value is -3.16. The molecule has 1 atom stereocenters. The van der Waals surface area contributed by atoms with Crippen LogP contribution < -0.4 is 15.0 Å². The highest BCUT2D eigenvalue weighted by Crippen LogP contribution is 2.24. The Morgan fingerprint density at radius 1 is 1.26 bits per heavy atom. The fraction of sp³-hybridized carbons (Fsp3) is 0.368. The Labute approximate surface area is 157 Å². The minimum Gasteiger partial charge on any atom is -0.497 e. The summed E-state index contributed by atoms with van der Waals surface area (Å²) in [5, 5.41) is 15.7. The minimum absolute atomic E-state index is 0.0227. The largest absolute Gasteiger partial charge is 0.497 e. The Morgan fingerprint density at radius 2 is 2.15 bits per heavy atom. The molecule has 1 amide bonds. The molecule has 0 aliphatic carbocycles. The molecule has 0 unspecified atom stereocenters. The quantitative estimate of drug-likeness (QED) is 0.763. The van der Waals surface area contributed by atoms with Gasteiger partial charge in [-0.15, -0.1) is 15.3 Å². The van der Waals surface area contributed by atoms with Crippen LogP contribution in [0.5, 0.6) is 5.75 Å². The molecule has 0 bridgehead atoms. The number of benzene rings is 1. The first-order valence-corrected chi connectivity index (χ1v) is 9.03. The van der Waals surface area contributed by atoms with Gasteiger partial charge in [-0.25, -0.2) is 0 Å². The van der Waals surface area contributed by atoms with Crippen LogP contribution in [0.3, 0.4) is 0 Å². The predicted octanol–water partition coefficient (Wildman–Crippen LogP) is 2.30. The van der Waals surface area contributed by atoms with E-state index < -0.39 is 0 Å². The smallest absolute Gasteiger partial charge is 0.229 e. The van der Waals surface area contributed by atoms with Crippen molar-refractivity contribution in [3.63, 3.8) is 0 Å². The van der Waals surface area contributed by atoms with Crippen molar-refractivity contribution in [2.24, 2.45) is 5.92 Å². The van der Waals surface area contributed by atoms with Crippen molar-refractivity contribution in [3.05, 3.63) is 42.2 Å². The summed E-state index contributed by atoms with van der Waals surface area (Å²) < 4.78 is 6.95. The number of ether oxygens (including phenoxy) is 1. The number of carbonyl (C=O) groups is 1. The van der Waals surface area contributed by atoms with Gasteiger partial charge in [0.05, 0.1) is 13.0 Å². The number of nitrogens with one attached hydrogen (secondary N) is 1. The molecule has 8 heteroatoms. The number of hydrogen-bond acceptors (Lipinski definition) is 6. The lowest BCUT2D eigenvalue weighted by atomic mass is 9.97. The van der Waals surface area contributed by atoms with Gasteiger partial charge in [-0.1, -0.05) is 6.07 Å². The topological polar surface area (TPSA) is 84.6 Å². The zero-order valence-corrected chi connectivity index (χ0v) is 15.4. The van der Waals surface area contributed by atoms with Crippen LogP contribution in [0.2, 0.25) is 0 Å². The maximum Gasteiger partial charge on any atom is 0.229 e. The normalized spacial score (nSPS) is 17.1. The molecule has 0 spiro atoms. The van der Waals surface area contributed by atoms with Gasteiger partial charge in [0.15, 0.2) is 11.5 Å². The number of anilines is 2. The molecule has 140 valence electrons. The summed E-state index contributed by atoms with van der Waals surface area (Å²) in [5.41, 5.74) is 1.47. The van der Waals surface area contributed by atoms with Gasteiger partial charge in [0.2, 0.25) is 5.91 Å². The maximum atomic E-state index is 12.7. The minimum atomic E-state index is -0.0931. The summed E-state index contributed by atoms with van der Waals surface area (Å²) in [7, 11) is 1.61. The van der Waals surface area contributed by atoms with E-state index in [0.717, 1.165) is 48.1 Å². The first-order valence-electron chi connectivity index (χ1n) is 9.03. The highest BCUT2D eigenvalue weighted by molar-refractivity contribution is 5.93. The van der Waals surface area contributed by atoms with E-state index in [0.29, 0.717) is 6.54 Å². The maximum absolute atomic E-state index is 12.7. The summed E-state index contributed by atoms with van der Waals surface area (Å²) in [5.74, 6) is 2.24. The highest BCUT2D eigenvalue weighted by Gasteiger charge is 2.27. The van der Waals surface area contributed by atoms with E-state index in [9.17, 15) is 4.79 Å². The third-order valence-electron chi connectivity index (χ3n) is 4.86. The van der Waals surface area contributed by atoms with Crippen LogP contribution in [0, 0.1) is 12.8 Å². The molecule has 8 nitrogen and oxygen atoms in total. The summed E-state index contributed by atoms with van der Waals surface area (Å²) in [6.07, 6.45) is 1.80. The zero-order valence-electron chi connectivity index (χ0n) is 15.4. The van der Waals surface area contributed by atoms with Gasteiger partial charge >= 0.3 is 0 Å². The standard InChI is InChI=1S/C19H22N6O2/c1-13-21-22-17-8-9-18(23-25(13)17)24-10-4-5-14(12-24)19(26)20-15-6-3-7-16(11-15)27-2/h3,6-9,11,14H,4-5,10,12H2,1-2H3,(H,20,26)/t14-/m0/s1. The highest BCUT2D eigenvalue weighted by atomic mass is 16.5. The number of amides is 1. The van der Waals surface area contributed by atoms with Gasteiger partial charge in [-0.3, -0.25) is 4.79 Å². The number of fused-ring (bicyclic) bond motifs is 1. The molecule has 0 radical (unpaired) electrons. The molecule has 0 saturated carbocycles. The average molecular weight is 366 g/mol. The number of piperidine rings is 1. The van der Waals surface area contributed by atoms with E-state index in [1.807, 2.05) is 43.3 Å². The van der Waals surface area contributed by atoms with E-state index in [-0.39, 0.29) is 11.8 Å². The van der Waals surface area contributed by atoms with Gasteiger partial charge in [0.25, 0.3) is 0 Å².